The lowest BCUT2D eigenvalue weighted by Gasteiger charge is -2.39. The second-order valence-electron chi connectivity index (χ2n) is 5.84. The van der Waals surface area contributed by atoms with Crippen LogP contribution < -0.4 is 0 Å². The first kappa shape index (κ1) is 14.6. The largest absolute Gasteiger partial charge is 0.335 e. The molecule has 0 unspecified atom stereocenters. The first-order valence-corrected chi connectivity index (χ1v) is 7.07. The normalized spacial score (nSPS) is 19.9. The molecule has 1 fully saturated rings. The van der Waals surface area contributed by atoms with Crippen LogP contribution in [0.1, 0.15) is 19.4 Å². The van der Waals surface area contributed by atoms with Gasteiger partial charge in [-0.15, -0.1) is 0 Å². The van der Waals surface area contributed by atoms with Gasteiger partial charge in [-0.05, 0) is 11.5 Å². The molecular formula is C16H22N2O2. The van der Waals surface area contributed by atoms with Gasteiger partial charge in [-0.2, -0.15) is 0 Å². The van der Waals surface area contributed by atoms with Crippen molar-refractivity contribution < 1.29 is 9.59 Å². The fraction of sp³-hybridized carbons (Fsp3) is 0.500. The maximum absolute atomic E-state index is 12.4. The van der Waals surface area contributed by atoms with Crippen LogP contribution in [0.5, 0.6) is 0 Å². The SMILES string of the molecule is CC(C)CN1C(=O)CN(C)C(=O)[C@H]1Cc1ccccc1. The average Bonchev–Trinajstić information content (AvgIpc) is 2.41. The van der Waals surface area contributed by atoms with Crippen molar-refractivity contribution in [2.24, 2.45) is 5.92 Å². The molecule has 1 aromatic rings. The van der Waals surface area contributed by atoms with Crippen LogP contribution >= 0.6 is 0 Å². The van der Waals surface area contributed by atoms with Crippen molar-refractivity contribution in [2.45, 2.75) is 26.3 Å². The van der Waals surface area contributed by atoms with E-state index in [9.17, 15) is 9.59 Å². The van der Waals surface area contributed by atoms with Gasteiger partial charge in [0.05, 0.1) is 6.54 Å². The second kappa shape index (κ2) is 6.07. The van der Waals surface area contributed by atoms with E-state index in [0.717, 1.165) is 5.56 Å². The Morgan fingerprint density at radius 2 is 1.85 bits per heavy atom. The van der Waals surface area contributed by atoms with Crippen molar-refractivity contribution in [1.29, 1.82) is 0 Å². The quantitative estimate of drug-likeness (QED) is 0.836. The maximum atomic E-state index is 12.4. The minimum absolute atomic E-state index is 0.0362. The number of piperazine rings is 1. The topological polar surface area (TPSA) is 40.6 Å². The number of nitrogens with zero attached hydrogens (tertiary/aromatic N) is 2. The third-order valence-corrected chi connectivity index (χ3v) is 3.56. The van der Waals surface area contributed by atoms with E-state index in [1.807, 2.05) is 30.3 Å². The molecule has 4 heteroatoms. The van der Waals surface area contributed by atoms with Gasteiger partial charge in [-0.3, -0.25) is 9.59 Å². The van der Waals surface area contributed by atoms with Gasteiger partial charge in [0.15, 0.2) is 0 Å². The van der Waals surface area contributed by atoms with E-state index < -0.39 is 0 Å². The highest BCUT2D eigenvalue weighted by Crippen LogP contribution is 2.18. The zero-order valence-corrected chi connectivity index (χ0v) is 12.4. The summed E-state index contributed by atoms with van der Waals surface area (Å²) in [5, 5.41) is 0. The summed E-state index contributed by atoms with van der Waals surface area (Å²) < 4.78 is 0. The molecule has 1 heterocycles. The molecule has 0 bridgehead atoms. The standard InChI is InChI=1S/C16H22N2O2/c1-12(2)10-18-14(9-13-7-5-4-6-8-13)16(20)17(3)11-15(18)19/h4-8,12,14H,9-11H2,1-3H3/t14-/m1/s1. The monoisotopic (exact) mass is 274 g/mol. The van der Waals surface area contributed by atoms with Crippen LogP contribution in [0.25, 0.3) is 0 Å². The Morgan fingerprint density at radius 1 is 1.20 bits per heavy atom. The van der Waals surface area contributed by atoms with Gasteiger partial charge in [-0.25, -0.2) is 0 Å². The molecule has 1 aliphatic heterocycles. The van der Waals surface area contributed by atoms with Crippen molar-refractivity contribution >= 4 is 11.8 Å². The van der Waals surface area contributed by atoms with E-state index in [2.05, 4.69) is 13.8 Å². The molecule has 0 N–H and O–H groups in total. The van der Waals surface area contributed by atoms with E-state index in [-0.39, 0.29) is 24.4 Å². The molecule has 2 rings (SSSR count). The van der Waals surface area contributed by atoms with Gasteiger partial charge >= 0.3 is 0 Å². The number of carbonyl (C=O) groups excluding carboxylic acids is 2. The van der Waals surface area contributed by atoms with Gasteiger partial charge in [-0.1, -0.05) is 44.2 Å². The number of likely N-dealkylation sites (N-methyl/N-ethyl adjacent to an activating group) is 1. The molecule has 0 aliphatic carbocycles. The predicted octanol–water partition coefficient (Wildman–Crippen LogP) is 1.55. The second-order valence-corrected chi connectivity index (χ2v) is 5.84. The molecular weight excluding hydrogens is 252 g/mol. The van der Waals surface area contributed by atoms with Crippen LogP contribution in [0.15, 0.2) is 30.3 Å². The van der Waals surface area contributed by atoms with Gasteiger partial charge < -0.3 is 9.80 Å². The third-order valence-electron chi connectivity index (χ3n) is 3.56. The number of rotatable bonds is 4. The summed E-state index contributed by atoms with van der Waals surface area (Å²) in [4.78, 5) is 27.9. The van der Waals surface area contributed by atoms with Crippen LogP contribution in [0.2, 0.25) is 0 Å². The summed E-state index contributed by atoms with van der Waals surface area (Å²) >= 11 is 0. The summed E-state index contributed by atoms with van der Waals surface area (Å²) in [6.07, 6.45) is 0.586. The molecule has 0 spiro atoms. The van der Waals surface area contributed by atoms with Crippen molar-refractivity contribution in [1.82, 2.24) is 9.80 Å². The summed E-state index contributed by atoms with van der Waals surface area (Å²) in [7, 11) is 1.70. The Bertz CT molecular complexity index is 485. The molecule has 1 saturated heterocycles. The molecule has 1 aromatic carbocycles. The molecule has 1 atom stereocenters. The lowest BCUT2D eigenvalue weighted by molar-refractivity contribution is -0.155. The van der Waals surface area contributed by atoms with E-state index in [4.69, 9.17) is 0 Å². The highest BCUT2D eigenvalue weighted by molar-refractivity contribution is 5.94. The maximum Gasteiger partial charge on any atom is 0.245 e. The molecule has 20 heavy (non-hydrogen) atoms. The average molecular weight is 274 g/mol. The summed E-state index contributed by atoms with van der Waals surface area (Å²) in [5.74, 6) is 0.435. The van der Waals surface area contributed by atoms with Crippen LogP contribution in [-0.2, 0) is 16.0 Å². The predicted molar refractivity (Wildman–Crippen MR) is 78.1 cm³/mol. The molecule has 0 radical (unpaired) electrons. The van der Waals surface area contributed by atoms with E-state index in [1.54, 1.807) is 11.9 Å². The molecule has 0 saturated carbocycles. The van der Waals surface area contributed by atoms with Gasteiger partial charge in [0.1, 0.15) is 6.04 Å². The Labute approximate surface area is 120 Å². The smallest absolute Gasteiger partial charge is 0.245 e. The van der Waals surface area contributed by atoms with Crippen LogP contribution in [0.3, 0.4) is 0 Å². The number of hydrogen-bond acceptors (Lipinski definition) is 2. The number of amides is 2. The minimum Gasteiger partial charge on any atom is -0.335 e. The highest BCUT2D eigenvalue weighted by Gasteiger charge is 2.37. The zero-order valence-electron chi connectivity index (χ0n) is 12.4. The molecule has 108 valence electrons. The first-order valence-electron chi connectivity index (χ1n) is 7.07. The van der Waals surface area contributed by atoms with Crippen LogP contribution in [0, 0.1) is 5.92 Å². The van der Waals surface area contributed by atoms with Gasteiger partial charge in [0.2, 0.25) is 11.8 Å². The Hall–Kier alpha value is -1.84. The fourth-order valence-electron chi connectivity index (χ4n) is 2.59. The van der Waals surface area contributed by atoms with Crippen molar-refractivity contribution in [2.75, 3.05) is 20.1 Å². The minimum atomic E-state index is -0.369. The van der Waals surface area contributed by atoms with E-state index in [0.29, 0.717) is 18.9 Å². The summed E-state index contributed by atoms with van der Waals surface area (Å²) in [6, 6.07) is 9.50. The summed E-state index contributed by atoms with van der Waals surface area (Å²) in [6.45, 7) is 4.96. The molecule has 4 nitrogen and oxygen atoms in total. The van der Waals surface area contributed by atoms with E-state index in [1.165, 1.54) is 4.90 Å². The molecule has 1 aliphatic rings. The van der Waals surface area contributed by atoms with Crippen molar-refractivity contribution in [3.8, 4) is 0 Å². The van der Waals surface area contributed by atoms with Gasteiger partial charge in [0.25, 0.3) is 0 Å². The Kier molecular flexibility index (Phi) is 4.42. The Balaban J connectivity index is 2.22. The lowest BCUT2D eigenvalue weighted by Crippen LogP contribution is -2.60. The van der Waals surface area contributed by atoms with Gasteiger partial charge in [0, 0.05) is 20.0 Å². The van der Waals surface area contributed by atoms with E-state index >= 15 is 0 Å². The number of hydrogen-bond donors (Lipinski definition) is 0. The highest BCUT2D eigenvalue weighted by atomic mass is 16.2. The molecule has 0 aromatic heterocycles. The van der Waals surface area contributed by atoms with Crippen LogP contribution in [0.4, 0.5) is 0 Å². The number of carbonyl (C=O) groups is 2. The fourth-order valence-corrected chi connectivity index (χ4v) is 2.59. The lowest BCUT2D eigenvalue weighted by atomic mass is 10.00. The van der Waals surface area contributed by atoms with Crippen molar-refractivity contribution in [3.05, 3.63) is 35.9 Å². The van der Waals surface area contributed by atoms with Crippen molar-refractivity contribution in [3.63, 3.8) is 0 Å². The summed E-state index contributed by atoms with van der Waals surface area (Å²) in [5.41, 5.74) is 1.09. The Morgan fingerprint density at radius 3 is 2.45 bits per heavy atom. The zero-order chi connectivity index (χ0) is 14.7. The number of benzene rings is 1. The van der Waals surface area contributed by atoms with Crippen LogP contribution in [-0.4, -0.2) is 47.8 Å². The molecule has 2 amide bonds. The third kappa shape index (κ3) is 3.18. The first-order chi connectivity index (χ1) is 9.49.